The minimum atomic E-state index is -1.03. The highest BCUT2D eigenvalue weighted by molar-refractivity contribution is 5.53. The highest BCUT2D eigenvalue weighted by atomic mass is 16.5. The Bertz CT molecular complexity index is 1970. The number of aliphatic hydroxyl groups is 1. The van der Waals surface area contributed by atoms with Crippen molar-refractivity contribution in [3.05, 3.63) is 197 Å². The fourth-order valence-corrected chi connectivity index (χ4v) is 6.85. The minimum absolute atomic E-state index is 0.166. The number of hydrogen-bond acceptors (Lipinski definition) is 6. The average Bonchev–Trinajstić information content (AvgIpc) is 3.30. The molecule has 300 valence electrons. The third-order valence-electron chi connectivity index (χ3n) is 10.0. The van der Waals surface area contributed by atoms with Gasteiger partial charge in [0, 0.05) is 18.2 Å². The molecule has 0 spiro atoms. The summed E-state index contributed by atoms with van der Waals surface area (Å²) < 4.78 is 25.7. The number of benzene rings is 6. The zero-order chi connectivity index (χ0) is 41.3. The first-order valence-electron chi connectivity index (χ1n) is 19.9. The molecule has 6 rings (SSSR count). The number of rotatable bonds is 16. The zero-order valence-electron chi connectivity index (χ0n) is 35.2. The van der Waals surface area contributed by atoms with Crippen LogP contribution >= 0.6 is 0 Å². The summed E-state index contributed by atoms with van der Waals surface area (Å²) in [5.74, 6) is 1.51. The van der Waals surface area contributed by atoms with Gasteiger partial charge >= 0.3 is 0 Å². The van der Waals surface area contributed by atoms with Gasteiger partial charge in [-0.3, -0.25) is 0 Å². The molecule has 0 heterocycles. The molecule has 0 radical (unpaired) electrons. The number of nitrogens with one attached hydrogen (secondary N) is 1. The fourth-order valence-electron chi connectivity index (χ4n) is 6.85. The molecule has 3 unspecified atom stereocenters. The molecular weight excluding hydrogens is 707 g/mol. The molecule has 6 nitrogen and oxygen atoms in total. The van der Waals surface area contributed by atoms with Crippen molar-refractivity contribution in [2.24, 2.45) is 5.41 Å². The van der Waals surface area contributed by atoms with Crippen molar-refractivity contribution in [3.63, 3.8) is 0 Å². The molecule has 0 fully saturated rings. The lowest BCUT2D eigenvalue weighted by Gasteiger charge is -2.42. The van der Waals surface area contributed by atoms with Crippen LogP contribution in [-0.2, 0) is 20.7 Å². The minimum Gasteiger partial charge on any atom is -0.497 e. The van der Waals surface area contributed by atoms with Crippen molar-refractivity contribution in [1.82, 2.24) is 0 Å². The maximum absolute atomic E-state index is 11.2. The molecule has 57 heavy (non-hydrogen) atoms. The van der Waals surface area contributed by atoms with Crippen molar-refractivity contribution in [1.29, 1.82) is 0 Å². The molecule has 3 atom stereocenters. The molecule has 0 aliphatic carbocycles. The van der Waals surface area contributed by atoms with Gasteiger partial charge in [-0.1, -0.05) is 162 Å². The quantitative estimate of drug-likeness (QED) is 0.0956. The molecule has 6 aromatic carbocycles. The molecule has 0 aliphatic heterocycles. The number of aryl methyl sites for hydroxylation is 1. The van der Waals surface area contributed by atoms with Crippen LogP contribution in [-0.4, -0.2) is 46.2 Å². The van der Waals surface area contributed by atoms with Crippen LogP contribution < -0.4 is 14.8 Å². The lowest BCUT2D eigenvalue weighted by atomic mass is 9.79. The highest BCUT2D eigenvalue weighted by Crippen LogP contribution is 2.45. The Balaban J connectivity index is 0.00000174. The Morgan fingerprint density at radius 3 is 1.11 bits per heavy atom. The average molecular weight is 768 g/mol. The summed E-state index contributed by atoms with van der Waals surface area (Å²) >= 11 is 0. The van der Waals surface area contributed by atoms with Crippen molar-refractivity contribution < 1.29 is 24.1 Å². The Kier molecular flexibility index (Phi) is 16.5. The van der Waals surface area contributed by atoms with Crippen LogP contribution in [0.25, 0.3) is 0 Å². The van der Waals surface area contributed by atoms with Gasteiger partial charge in [-0.05, 0) is 76.7 Å². The largest absolute Gasteiger partial charge is 0.497 e. The van der Waals surface area contributed by atoms with Gasteiger partial charge in [0.1, 0.15) is 22.7 Å². The van der Waals surface area contributed by atoms with E-state index in [-0.39, 0.29) is 19.8 Å². The number of hydrogen-bond donors (Lipinski definition) is 2. The van der Waals surface area contributed by atoms with E-state index in [1.54, 1.807) is 14.2 Å². The maximum atomic E-state index is 11.2. The van der Waals surface area contributed by atoms with E-state index in [1.165, 1.54) is 0 Å². The molecular formula is C51H61NO5. The van der Waals surface area contributed by atoms with E-state index in [9.17, 15) is 5.11 Å². The Labute approximate surface area is 341 Å². The van der Waals surface area contributed by atoms with Crippen LogP contribution in [0.4, 0.5) is 5.69 Å². The number of methoxy groups -OCH3 is 2. The van der Waals surface area contributed by atoms with Crippen LogP contribution in [0, 0.1) is 12.3 Å². The van der Waals surface area contributed by atoms with Gasteiger partial charge < -0.3 is 29.4 Å². The van der Waals surface area contributed by atoms with Crippen LogP contribution in [0.15, 0.2) is 158 Å². The Morgan fingerprint density at radius 1 is 0.474 bits per heavy atom. The lowest BCUT2D eigenvalue weighted by Crippen LogP contribution is -2.43. The van der Waals surface area contributed by atoms with E-state index >= 15 is 0 Å². The SMILES string of the molecule is CC.CC.CNc1ccc(C(OCC(C)(CO)COC(c2ccccc2)(c2ccc(C)cc2)c2ccc(OC)cc2)(c2ccccc2)c2ccc(OC)cc2)cc1. The summed E-state index contributed by atoms with van der Waals surface area (Å²) in [6.45, 7) is 12.3. The molecule has 0 bridgehead atoms. The van der Waals surface area contributed by atoms with Gasteiger partial charge in [-0.25, -0.2) is 0 Å². The normalized spacial score (nSPS) is 13.9. The van der Waals surface area contributed by atoms with Crippen LogP contribution in [0.2, 0.25) is 0 Å². The van der Waals surface area contributed by atoms with Crippen molar-refractivity contribution >= 4 is 5.69 Å². The number of aliphatic hydroxyl groups excluding tert-OH is 1. The molecule has 0 amide bonds. The summed E-state index contributed by atoms with van der Waals surface area (Å²) in [6, 6.07) is 53.3. The lowest BCUT2D eigenvalue weighted by molar-refractivity contribution is -0.107. The van der Waals surface area contributed by atoms with Gasteiger partial charge in [-0.2, -0.15) is 0 Å². The van der Waals surface area contributed by atoms with Gasteiger partial charge in [0.25, 0.3) is 0 Å². The molecule has 0 aromatic heterocycles. The summed E-state index contributed by atoms with van der Waals surface area (Å²) in [7, 11) is 5.24. The molecule has 0 saturated carbocycles. The first-order chi connectivity index (χ1) is 27.8. The van der Waals surface area contributed by atoms with Gasteiger partial charge in [0.05, 0.1) is 34.0 Å². The summed E-state index contributed by atoms with van der Waals surface area (Å²) in [5.41, 5.74) is 4.99. The van der Waals surface area contributed by atoms with Gasteiger partial charge in [-0.15, -0.1) is 0 Å². The van der Waals surface area contributed by atoms with Crippen molar-refractivity contribution in [3.8, 4) is 11.5 Å². The highest BCUT2D eigenvalue weighted by Gasteiger charge is 2.43. The van der Waals surface area contributed by atoms with Crippen LogP contribution in [0.3, 0.4) is 0 Å². The van der Waals surface area contributed by atoms with Crippen molar-refractivity contribution in [2.45, 2.75) is 52.7 Å². The molecule has 6 heteroatoms. The third kappa shape index (κ3) is 9.95. The smallest absolute Gasteiger partial charge is 0.143 e. The van der Waals surface area contributed by atoms with E-state index in [0.29, 0.717) is 0 Å². The second kappa shape index (κ2) is 21.2. The standard InChI is InChI=1S/C47H49NO5.2C2H6/c1-35-16-18-38(19-17-35)46(36-12-8-6-9-13-36,40-22-28-43(50-4)29-23-40)52-33-45(2,32-49)34-53-47(37-14-10-7-11-15-37,39-20-26-42(48-3)27-21-39)41-24-30-44(51-5)31-25-41;2*1-2/h6-31,48-49H,32-34H2,1-5H3;2*1-2H3. The Hall–Kier alpha value is -5.40. The molecule has 0 saturated heterocycles. The van der Waals surface area contributed by atoms with Crippen molar-refractivity contribution in [2.75, 3.05) is 46.4 Å². The summed E-state index contributed by atoms with van der Waals surface area (Å²) in [5, 5.41) is 14.5. The first-order valence-corrected chi connectivity index (χ1v) is 19.9. The monoisotopic (exact) mass is 767 g/mol. The second-order valence-electron chi connectivity index (χ2n) is 13.8. The van der Waals surface area contributed by atoms with Crippen LogP contribution in [0.1, 0.15) is 73.6 Å². The predicted octanol–water partition coefficient (Wildman–Crippen LogP) is 11.4. The predicted molar refractivity (Wildman–Crippen MR) is 236 cm³/mol. The van der Waals surface area contributed by atoms with E-state index in [0.717, 1.165) is 56.1 Å². The van der Waals surface area contributed by atoms with E-state index < -0.39 is 16.6 Å². The van der Waals surface area contributed by atoms with Gasteiger partial charge in [0.2, 0.25) is 0 Å². The van der Waals surface area contributed by atoms with E-state index in [4.69, 9.17) is 18.9 Å². The van der Waals surface area contributed by atoms with Crippen LogP contribution in [0.5, 0.6) is 11.5 Å². The molecule has 0 aliphatic rings. The second-order valence-corrected chi connectivity index (χ2v) is 13.8. The zero-order valence-corrected chi connectivity index (χ0v) is 35.2. The number of anilines is 1. The summed E-state index contributed by atoms with van der Waals surface area (Å²) in [4.78, 5) is 0. The van der Waals surface area contributed by atoms with E-state index in [1.807, 2.05) is 114 Å². The fraction of sp³-hybridized carbons (Fsp3) is 0.294. The Morgan fingerprint density at radius 2 is 0.789 bits per heavy atom. The summed E-state index contributed by atoms with van der Waals surface area (Å²) in [6.07, 6.45) is 0. The molecule has 2 N–H and O–H groups in total. The first kappa shape index (κ1) is 44.3. The topological polar surface area (TPSA) is 69.2 Å². The maximum Gasteiger partial charge on any atom is 0.143 e. The number of ether oxygens (including phenoxy) is 4. The third-order valence-corrected chi connectivity index (χ3v) is 10.0. The molecule has 6 aromatic rings. The van der Waals surface area contributed by atoms with Gasteiger partial charge in [0.15, 0.2) is 0 Å². The van der Waals surface area contributed by atoms with E-state index in [2.05, 4.69) is 97.2 Å².